The Morgan fingerprint density at radius 3 is 2.44 bits per heavy atom. The van der Waals surface area contributed by atoms with E-state index in [4.69, 9.17) is 4.74 Å². The van der Waals surface area contributed by atoms with Crippen LogP contribution in [0.1, 0.15) is 55.4 Å². The number of amides is 4. The van der Waals surface area contributed by atoms with Gasteiger partial charge in [-0.15, -0.1) is 11.3 Å². The molecule has 3 heterocycles. The van der Waals surface area contributed by atoms with Crippen molar-refractivity contribution in [3.8, 4) is 17.0 Å². The van der Waals surface area contributed by atoms with E-state index in [1.165, 1.54) is 24.5 Å². The summed E-state index contributed by atoms with van der Waals surface area (Å²) in [7, 11) is 3.24. The first kappa shape index (κ1) is 30.0. The lowest BCUT2D eigenvalue weighted by Gasteiger charge is -2.44. The molecule has 0 aliphatic carbocycles. The minimum absolute atomic E-state index is 0.0230. The van der Waals surface area contributed by atoms with E-state index in [9.17, 15) is 18.8 Å². The highest BCUT2D eigenvalue weighted by Crippen LogP contribution is 2.38. The van der Waals surface area contributed by atoms with Crippen molar-refractivity contribution < 1.29 is 23.5 Å². The number of thiophene rings is 1. The fraction of sp³-hybridized carbons (Fsp3) is 0.400. The lowest BCUT2D eigenvalue weighted by molar-refractivity contribution is -0.144. The summed E-state index contributed by atoms with van der Waals surface area (Å²) in [4.78, 5) is 48.1. The number of aryl methyl sites for hydroxylation is 1. The van der Waals surface area contributed by atoms with Crippen molar-refractivity contribution in [3.05, 3.63) is 58.3 Å². The van der Waals surface area contributed by atoms with Crippen LogP contribution in [0.15, 0.2) is 36.5 Å². The highest BCUT2D eigenvalue weighted by molar-refractivity contribution is 7.16. The molecule has 2 N–H and O–H groups in total. The summed E-state index contributed by atoms with van der Waals surface area (Å²) in [6.07, 6.45) is 1.62. The van der Waals surface area contributed by atoms with Gasteiger partial charge in [-0.05, 0) is 61.6 Å². The topological polar surface area (TPSA) is 104 Å². The average molecular weight is 582 g/mol. The van der Waals surface area contributed by atoms with Gasteiger partial charge >= 0.3 is 6.03 Å². The van der Waals surface area contributed by atoms with Crippen LogP contribution in [0.3, 0.4) is 0 Å². The number of halogens is 1. The molecule has 1 aromatic carbocycles. The van der Waals surface area contributed by atoms with E-state index in [2.05, 4.69) is 15.6 Å². The first-order chi connectivity index (χ1) is 19.1. The number of benzene rings is 1. The Labute approximate surface area is 243 Å². The SMILES string of the molecule is COc1ccc(-c2cc(NC(=O)Nc3sc(C(C)(C)C)cc3C(=O)N3CCN(C)C(=O)C3(C)C)c(F)cc2C)cn1. The molecule has 2 aromatic heterocycles. The smallest absolute Gasteiger partial charge is 0.324 e. The maximum atomic E-state index is 15.0. The highest BCUT2D eigenvalue weighted by atomic mass is 32.1. The van der Waals surface area contributed by atoms with Gasteiger partial charge in [0.25, 0.3) is 5.91 Å². The first-order valence-corrected chi connectivity index (χ1v) is 14.1. The third-order valence-electron chi connectivity index (χ3n) is 7.20. The Morgan fingerprint density at radius 1 is 1.12 bits per heavy atom. The average Bonchev–Trinajstić information content (AvgIpc) is 3.33. The van der Waals surface area contributed by atoms with Crippen molar-refractivity contribution in [1.29, 1.82) is 0 Å². The Bertz CT molecular complexity index is 1490. The fourth-order valence-corrected chi connectivity index (χ4v) is 5.83. The summed E-state index contributed by atoms with van der Waals surface area (Å²) >= 11 is 1.28. The van der Waals surface area contributed by atoms with Gasteiger partial charge in [0.2, 0.25) is 11.8 Å². The van der Waals surface area contributed by atoms with Crippen LogP contribution >= 0.6 is 11.3 Å². The largest absolute Gasteiger partial charge is 0.481 e. The van der Waals surface area contributed by atoms with Gasteiger partial charge in [-0.3, -0.25) is 14.9 Å². The summed E-state index contributed by atoms with van der Waals surface area (Å²) < 4.78 is 20.1. The number of carbonyl (C=O) groups is 3. The number of urea groups is 1. The molecule has 0 unspecified atom stereocenters. The van der Waals surface area contributed by atoms with E-state index in [1.54, 1.807) is 68.1 Å². The van der Waals surface area contributed by atoms with Gasteiger partial charge < -0.3 is 19.9 Å². The van der Waals surface area contributed by atoms with Gasteiger partial charge in [-0.2, -0.15) is 0 Å². The van der Waals surface area contributed by atoms with Crippen LogP contribution in [-0.4, -0.2) is 65.4 Å². The molecule has 0 atom stereocenters. The van der Waals surface area contributed by atoms with Crippen LogP contribution in [0.25, 0.3) is 11.1 Å². The zero-order valence-electron chi connectivity index (χ0n) is 24.6. The molecule has 3 aromatic rings. The van der Waals surface area contributed by atoms with Crippen LogP contribution in [0.4, 0.5) is 19.9 Å². The van der Waals surface area contributed by atoms with Crippen LogP contribution in [-0.2, 0) is 10.2 Å². The Hall–Kier alpha value is -3.99. The second-order valence-electron chi connectivity index (χ2n) is 11.7. The van der Waals surface area contributed by atoms with Gasteiger partial charge in [-0.25, -0.2) is 14.2 Å². The number of nitrogens with zero attached hydrogens (tertiary/aromatic N) is 3. The Kier molecular flexibility index (Phi) is 8.13. The summed E-state index contributed by atoms with van der Waals surface area (Å²) in [5, 5.41) is 5.68. The molecule has 4 rings (SSSR count). The third-order valence-corrected chi connectivity index (χ3v) is 8.67. The molecule has 9 nitrogen and oxygen atoms in total. The number of anilines is 2. The summed E-state index contributed by atoms with van der Waals surface area (Å²) in [6, 6.07) is 7.47. The number of hydrogen-bond acceptors (Lipinski definition) is 6. The third kappa shape index (κ3) is 6.04. The molecule has 1 aliphatic rings. The number of rotatable bonds is 5. The highest BCUT2D eigenvalue weighted by Gasteiger charge is 2.44. The number of aromatic nitrogens is 1. The van der Waals surface area contributed by atoms with Crippen LogP contribution < -0.4 is 15.4 Å². The van der Waals surface area contributed by atoms with Crippen molar-refractivity contribution in [2.75, 3.05) is 37.9 Å². The maximum absolute atomic E-state index is 15.0. The molecule has 0 bridgehead atoms. The number of hydrogen-bond donors (Lipinski definition) is 2. The van der Waals surface area contributed by atoms with Gasteiger partial charge in [0.15, 0.2) is 0 Å². The van der Waals surface area contributed by atoms with Gasteiger partial charge in [0.05, 0.1) is 18.4 Å². The monoisotopic (exact) mass is 581 g/mol. The van der Waals surface area contributed by atoms with Gasteiger partial charge in [0.1, 0.15) is 16.4 Å². The number of carbonyl (C=O) groups excluding carboxylic acids is 3. The molecule has 0 saturated carbocycles. The zero-order valence-corrected chi connectivity index (χ0v) is 25.5. The second-order valence-corrected chi connectivity index (χ2v) is 12.7. The van der Waals surface area contributed by atoms with Gasteiger partial charge in [-0.1, -0.05) is 20.8 Å². The minimum Gasteiger partial charge on any atom is -0.481 e. The molecule has 41 heavy (non-hydrogen) atoms. The van der Waals surface area contributed by atoms with Crippen LogP contribution in [0, 0.1) is 12.7 Å². The molecule has 218 valence electrons. The van der Waals surface area contributed by atoms with Crippen molar-refractivity contribution in [2.45, 2.75) is 52.5 Å². The predicted molar refractivity (Wildman–Crippen MR) is 159 cm³/mol. The van der Waals surface area contributed by atoms with E-state index in [0.29, 0.717) is 35.1 Å². The van der Waals surface area contributed by atoms with Gasteiger partial charge in [0, 0.05) is 42.8 Å². The maximum Gasteiger partial charge on any atom is 0.324 e. The molecular formula is C30H36FN5O4S. The Balaban J connectivity index is 1.63. The second kappa shape index (κ2) is 11.1. The molecule has 11 heteroatoms. The zero-order chi connectivity index (χ0) is 30.3. The standard InChI is InChI=1S/C30H36FN5O4S/c1-17-13-21(31)22(14-19(17)18-9-10-24(40-8)32-16-18)33-28(39)34-25-20(15-23(41-25)29(2,3)4)26(37)36-12-11-35(7)27(38)30(36,5)6/h9-10,13-16H,11-12H2,1-8H3,(H2,33,34,39). The van der Waals surface area contributed by atoms with Crippen molar-refractivity contribution in [2.24, 2.45) is 0 Å². The summed E-state index contributed by atoms with van der Waals surface area (Å²) in [5.41, 5.74) is 1.02. The van der Waals surface area contributed by atoms with E-state index in [0.717, 1.165) is 10.4 Å². The number of nitrogens with one attached hydrogen (secondary N) is 2. The van der Waals surface area contributed by atoms with Crippen molar-refractivity contribution >= 4 is 39.9 Å². The number of likely N-dealkylation sites (N-methyl/N-ethyl adjacent to an activating group) is 1. The van der Waals surface area contributed by atoms with E-state index in [-0.39, 0.29) is 28.5 Å². The lowest BCUT2D eigenvalue weighted by Crippen LogP contribution is -2.63. The number of ether oxygens (including phenoxy) is 1. The van der Waals surface area contributed by atoms with Crippen molar-refractivity contribution in [1.82, 2.24) is 14.8 Å². The quantitative estimate of drug-likeness (QED) is 0.391. The minimum atomic E-state index is -1.05. The molecule has 1 aliphatic heterocycles. The van der Waals surface area contributed by atoms with E-state index >= 15 is 0 Å². The molecule has 0 spiro atoms. The molecule has 1 saturated heterocycles. The fourth-order valence-electron chi connectivity index (χ4n) is 4.72. The first-order valence-electron chi connectivity index (χ1n) is 13.2. The van der Waals surface area contributed by atoms with E-state index in [1.807, 2.05) is 20.8 Å². The number of pyridine rings is 1. The number of piperazine rings is 1. The van der Waals surface area contributed by atoms with Crippen molar-refractivity contribution in [3.63, 3.8) is 0 Å². The molecule has 1 fully saturated rings. The van der Waals surface area contributed by atoms with Crippen LogP contribution in [0.5, 0.6) is 5.88 Å². The van der Waals surface area contributed by atoms with Crippen LogP contribution in [0.2, 0.25) is 0 Å². The summed E-state index contributed by atoms with van der Waals surface area (Å²) in [5.74, 6) is -0.660. The Morgan fingerprint density at radius 2 is 1.83 bits per heavy atom. The molecule has 0 radical (unpaired) electrons. The summed E-state index contributed by atoms with van der Waals surface area (Å²) in [6.45, 7) is 12.0. The molecule has 4 amide bonds. The molecular weight excluding hydrogens is 545 g/mol. The normalized spacial score (nSPS) is 15.1. The lowest BCUT2D eigenvalue weighted by atomic mass is 9.93. The number of methoxy groups -OCH3 is 1. The van der Waals surface area contributed by atoms with E-state index < -0.39 is 17.4 Å². The predicted octanol–water partition coefficient (Wildman–Crippen LogP) is 5.90.